The Morgan fingerprint density at radius 2 is 1.56 bits per heavy atom. The largest absolute Gasteiger partial charge is 0.353 e. The van der Waals surface area contributed by atoms with Crippen molar-refractivity contribution < 1.29 is 13.6 Å². The summed E-state index contributed by atoms with van der Waals surface area (Å²) >= 11 is 0. The van der Waals surface area contributed by atoms with E-state index in [4.69, 9.17) is 0 Å². The van der Waals surface area contributed by atoms with Crippen LogP contribution < -0.4 is 5.32 Å². The first-order valence-electron chi connectivity index (χ1n) is 10.3. The summed E-state index contributed by atoms with van der Waals surface area (Å²) in [6, 6.07) is 21.9. The molecule has 0 saturated carbocycles. The van der Waals surface area contributed by atoms with Crippen LogP contribution in [-0.2, 0) is 6.42 Å². The Morgan fingerprint density at radius 1 is 0.875 bits per heavy atom. The number of rotatable bonds is 5. The summed E-state index contributed by atoms with van der Waals surface area (Å²) in [6.07, 6.45) is 0.576. The Bertz CT molecular complexity index is 1420. The van der Waals surface area contributed by atoms with E-state index in [0.29, 0.717) is 24.2 Å². The minimum absolute atomic E-state index is 0.278. The molecule has 0 aliphatic heterocycles. The van der Waals surface area contributed by atoms with Crippen molar-refractivity contribution in [2.75, 3.05) is 6.54 Å². The van der Waals surface area contributed by atoms with Gasteiger partial charge in [0, 0.05) is 28.4 Å². The summed E-state index contributed by atoms with van der Waals surface area (Å²) in [5.74, 6) is -0.929. The number of aromatic nitrogens is 2. The molecule has 0 saturated heterocycles. The molecular formula is C26H19F2N3O. The second-order valence-electron chi connectivity index (χ2n) is 7.59. The molecule has 0 unspecified atom stereocenters. The van der Waals surface area contributed by atoms with Crippen molar-refractivity contribution in [3.8, 4) is 11.3 Å². The molecule has 0 spiro atoms. The summed E-state index contributed by atoms with van der Waals surface area (Å²) in [6.45, 7) is 0.393. The minimum atomic E-state index is -0.337. The van der Waals surface area contributed by atoms with Crippen LogP contribution in [0.3, 0.4) is 0 Å². The van der Waals surface area contributed by atoms with Crippen molar-refractivity contribution in [1.29, 1.82) is 0 Å². The highest BCUT2D eigenvalue weighted by Gasteiger charge is 2.17. The molecular weight excluding hydrogens is 408 g/mol. The van der Waals surface area contributed by atoms with Crippen LogP contribution in [0.2, 0.25) is 0 Å². The molecule has 4 nitrogen and oxygen atoms in total. The monoisotopic (exact) mass is 427 g/mol. The highest BCUT2D eigenvalue weighted by Crippen LogP contribution is 2.32. The van der Waals surface area contributed by atoms with Crippen LogP contribution in [0.5, 0.6) is 0 Å². The molecule has 6 heteroatoms. The first kappa shape index (κ1) is 19.9. The van der Waals surface area contributed by atoms with Crippen LogP contribution in [-0.4, -0.2) is 22.4 Å². The van der Waals surface area contributed by atoms with Gasteiger partial charge < -0.3 is 10.3 Å². The van der Waals surface area contributed by atoms with Crippen LogP contribution in [0.15, 0.2) is 78.9 Å². The number of aromatic amines is 1. The molecule has 0 radical (unpaired) electrons. The summed E-state index contributed by atoms with van der Waals surface area (Å²) in [5.41, 5.74) is 4.23. The van der Waals surface area contributed by atoms with Crippen molar-refractivity contribution in [3.05, 3.63) is 102 Å². The van der Waals surface area contributed by atoms with Gasteiger partial charge in [0.15, 0.2) is 0 Å². The number of benzene rings is 3. The van der Waals surface area contributed by atoms with Crippen LogP contribution in [0.1, 0.15) is 16.1 Å². The summed E-state index contributed by atoms with van der Waals surface area (Å²) in [7, 11) is 0. The van der Waals surface area contributed by atoms with E-state index >= 15 is 0 Å². The fourth-order valence-corrected chi connectivity index (χ4v) is 3.84. The smallest absolute Gasteiger partial charge is 0.269 e. The number of H-pyrrole nitrogens is 1. The molecule has 2 aromatic heterocycles. The van der Waals surface area contributed by atoms with Gasteiger partial charge in [-0.2, -0.15) is 0 Å². The normalized spacial score (nSPS) is 11.2. The second kappa shape index (κ2) is 8.23. The maximum absolute atomic E-state index is 13.5. The van der Waals surface area contributed by atoms with Gasteiger partial charge in [-0.05, 0) is 60.5 Å². The topological polar surface area (TPSA) is 57.8 Å². The Kier molecular flexibility index (Phi) is 5.11. The number of hydrogen-bond acceptors (Lipinski definition) is 2. The van der Waals surface area contributed by atoms with Gasteiger partial charge >= 0.3 is 0 Å². The van der Waals surface area contributed by atoms with E-state index in [1.165, 1.54) is 24.3 Å². The summed E-state index contributed by atoms with van der Waals surface area (Å²) < 4.78 is 26.5. The number of para-hydroxylation sites is 1. The number of amides is 1. The van der Waals surface area contributed by atoms with Crippen molar-refractivity contribution in [2.24, 2.45) is 0 Å². The van der Waals surface area contributed by atoms with Crippen LogP contribution in [0.4, 0.5) is 8.78 Å². The van der Waals surface area contributed by atoms with Gasteiger partial charge in [0.1, 0.15) is 17.3 Å². The molecule has 1 amide bonds. The number of nitrogens with one attached hydrogen (secondary N) is 2. The third-order valence-corrected chi connectivity index (χ3v) is 5.46. The first-order valence-corrected chi connectivity index (χ1v) is 10.3. The number of carbonyl (C=O) groups excluding carboxylic acids is 1. The van der Waals surface area contributed by atoms with Crippen LogP contribution in [0.25, 0.3) is 33.1 Å². The molecule has 0 atom stereocenters. The van der Waals surface area contributed by atoms with Gasteiger partial charge in [-0.1, -0.05) is 30.3 Å². The predicted octanol–water partition coefficient (Wildman–Crippen LogP) is 5.63. The molecule has 5 rings (SSSR count). The highest BCUT2D eigenvalue weighted by molar-refractivity contribution is 6.13. The number of hydrogen-bond donors (Lipinski definition) is 2. The Morgan fingerprint density at radius 3 is 2.31 bits per heavy atom. The average molecular weight is 427 g/mol. The molecule has 0 fully saturated rings. The standard InChI is InChI=1S/C26H19F2N3O/c27-18-9-5-16(6-10-18)13-14-29-26(32)23-15-21-20-3-1-2-4-22(20)30-25(21)24(31-23)17-7-11-19(28)12-8-17/h1-12,15,30H,13-14H2,(H,29,32). The van der Waals surface area contributed by atoms with E-state index in [9.17, 15) is 13.6 Å². The van der Waals surface area contributed by atoms with Crippen molar-refractivity contribution in [1.82, 2.24) is 15.3 Å². The van der Waals surface area contributed by atoms with E-state index in [1.807, 2.05) is 24.3 Å². The van der Waals surface area contributed by atoms with Crippen LogP contribution in [0, 0.1) is 11.6 Å². The van der Waals surface area contributed by atoms with E-state index in [0.717, 1.165) is 27.4 Å². The zero-order valence-electron chi connectivity index (χ0n) is 17.0. The zero-order valence-corrected chi connectivity index (χ0v) is 17.0. The van der Waals surface area contributed by atoms with Gasteiger partial charge in [0.2, 0.25) is 0 Å². The maximum Gasteiger partial charge on any atom is 0.269 e. The number of halogens is 2. The lowest BCUT2D eigenvalue weighted by atomic mass is 10.1. The van der Waals surface area contributed by atoms with E-state index in [-0.39, 0.29) is 23.2 Å². The molecule has 0 bridgehead atoms. The van der Waals surface area contributed by atoms with Gasteiger partial charge in [-0.3, -0.25) is 4.79 Å². The summed E-state index contributed by atoms with van der Waals surface area (Å²) in [4.78, 5) is 20.9. The fourth-order valence-electron chi connectivity index (χ4n) is 3.84. The maximum atomic E-state index is 13.5. The van der Waals surface area contributed by atoms with Crippen molar-refractivity contribution >= 4 is 27.7 Å². The molecule has 158 valence electrons. The molecule has 3 aromatic carbocycles. The molecule has 32 heavy (non-hydrogen) atoms. The Labute approximate surface area is 182 Å². The van der Waals surface area contributed by atoms with E-state index < -0.39 is 0 Å². The van der Waals surface area contributed by atoms with Gasteiger partial charge in [0.05, 0.1) is 11.2 Å². The number of nitrogens with zero attached hydrogens (tertiary/aromatic N) is 1. The quantitative estimate of drug-likeness (QED) is 0.382. The average Bonchev–Trinajstić information content (AvgIpc) is 3.19. The SMILES string of the molecule is O=C(NCCc1ccc(F)cc1)c1cc2c([nH]c3ccccc32)c(-c2ccc(F)cc2)n1. The molecule has 2 heterocycles. The third kappa shape index (κ3) is 3.83. The third-order valence-electron chi connectivity index (χ3n) is 5.46. The number of pyridine rings is 1. The number of carbonyl (C=O) groups is 1. The highest BCUT2D eigenvalue weighted by atomic mass is 19.1. The molecule has 2 N–H and O–H groups in total. The first-order chi connectivity index (χ1) is 15.6. The molecule has 5 aromatic rings. The number of fused-ring (bicyclic) bond motifs is 3. The predicted molar refractivity (Wildman–Crippen MR) is 121 cm³/mol. The lowest BCUT2D eigenvalue weighted by Crippen LogP contribution is -2.26. The zero-order chi connectivity index (χ0) is 22.1. The van der Waals surface area contributed by atoms with Crippen molar-refractivity contribution in [3.63, 3.8) is 0 Å². The molecule has 0 aliphatic rings. The second-order valence-corrected chi connectivity index (χ2v) is 7.59. The van der Waals surface area contributed by atoms with Gasteiger partial charge in [0.25, 0.3) is 5.91 Å². The van der Waals surface area contributed by atoms with Gasteiger partial charge in [-0.15, -0.1) is 0 Å². The Balaban J connectivity index is 1.50. The fraction of sp³-hybridized carbons (Fsp3) is 0.0769. The lowest BCUT2D eigenvalue weighted by molar-refractivity contribution is 0.0949. The van der Waals surface area contributed by atoms with Gasteiger partial charge in [-0.25, -0.2) is 13.8 Å². The minimum Gasteiger partial charge on any atom is -0.353 e. The van der Waals surface area contributed by atoms with Crippen molar-refractivity contribution in [2.45, 2.75) is 6.42 Å². The summed E-state index contributed by atoms with van der Waals surface area (Å²) in [5, 5.41) is 4.74. The molecule has 0 aliphatic carbocycles. The lowest BCUT2D eigenvalue weighted by Gasteiger charge is -2.09. The van der Waals surface area contributed by atoms with E-state index in [2.05, 4.69) is 15.3 Å². The Hall–Kier alpha value is -4.06. The van der Waals surface area contributed by atoms with Crippen LogP contribution >= 0.6 is 0 Å². The van der Waals surface area contributed by atoms with E-state index in [1.54, 1.807) is 30.3 Å².